The van der Waals surface area contributed by atoms with E-state index in [1.807, 2.05) is 18.2 Å². The van der Waals surface area contributed by atoms with Gasteiger partial charge in [0.05, 0.1) is 18.3 Å². The minimum absolute atomic E-state index is 0.0101. The van der Waals surface area contributed by atoms with Gasteiger partial charge in [0, 0.05) is 29.1 Å². The topological polar surface area (TPSA) is 118 Å². The monoisotopic (exact) mass is 437 g/mol. The molecule has 5 rings (SSSR count). The molecule has 10 heteroatoms. The first-order valence-electron chi connectivity index (χ1n) is 11.1. The fourth-order valence-corrected chi connectivity index (χ4v) is 4.98. The molecule has 0 saturated carbocycles. The van der Waals surface area contributed by atoms with Gasteiger partial charge in [-0.15, -0.1) is 5.10 Å². The minimum Gasteiger partial charge on any atom is -0.465 e. The summed E-state index contributed by atoms with van der Waals surface area (Å²) in [4.78, 5) is 27.0. The predicted octanol–water partition coefficient (Wildman–Crippen LogP) is 1.74. The highest BCUT2D eigenvalue weighted by molar-refractivity contribution is 6.05. The van der Waals surface area contributed by atoms with E-state index in [2.05, 4.69) is 37.8 Å². The number of carbonyl (C=O) groups excluding carboxylic acids is 2. The van der Waals surface area contributed by atoms with Crippen LogP contribution in [0, 0.1) is 0 Å². The number of rotatable bonds is 6. The highest BCUT2D eigenvalue weighted by Gasteiger charge is 2.39. The van der Waals surface area contributed by atoms with Crippen LogP contribution in [-0.4, -0.2) is 73.7 Å². The number of carbonyl (C=O) groups is 2. The summed E-state index contributed by atoms with van der Waals surface area (Å²) in [5, 5.41) is 19.3. The summed E-state index contributed by atoms with van der Waals surface area (Å²) >= 11 is 0. The molecule has 3 aromatic rings. The molecule has 2 atom stereocenters. The molecular weight excluding hydrogens is 410 g/mol. The Bertz CT molecular complexity index is 1140. The summed E-state index contributed by atoms with van der Waals surface area (Å²) in [7, 11) is 2.19. The fraction of sp³-hybridized carbons (Fsp3) is 0.500. The van der Waals surface area contributed by atoms with Crippen molar-refractivity contribution in [2.75, 3.05) is 13.7 Å². The van der Waals surface area contributed by atoms with Crippen molar-refractivity contribution in [3.63, 3.8) is 0 Å². The van der Waals surface area contributed by atoms with Gasteiger partial charge in [0.1, 0.15) is 12.2 Å². The number of hydrogen-bond acceptors (Lipinski definition) is 7. The van der Waals surface area contributed by atoms with E-state index in [1.54, 1.807) is 13.1 Å². The Kier molecular flexibility index (Phi) is 5.38. The van der Waals surface area contributed by atoms with E-state index in [0.29, 0.717) is 30.1 Å². The number of nitrogens with one attached hydrogen (secondary N) is 2. The largest absolute Gasteiger partial charge is 0.465 e. The first kappa shape index (κ1) is 20.6. The Morgan fingerprint density at radius 2 is 2.03 bits per heavy atom. The zero-order valence-electron chi connectivity index (χ0n) is 18.2. The van der Waals surface area contributed by atoms with Crippen LogP contribution in [0.15, 0.2) is 24.4 Å². The summed E-state index contributed by atoms with van der Waals surface area (Å²) in [6, 6.07) is 6.95. The van der Waals surface area contributed by atoms with E-state index in [9.17, 15) is 9.59 Å². The van der Waals surface area contributed by atoms with Gasteiger partial charge in [-0.05, 0) is 51.8 Å². The van der Waals surface area contributed by atoms with Gasteiger partial charge in [0.25, 0.3) is 5.91 Å². The molecule has 2 bridgehead atoms. The number of hydrogen-bond donors (Lipinski definition) is 2. The second-order valence-corrected chi connectivity index (χ2v) is 8.63. The third-order valence-corrected chi connectivity index (χ3v) is 6.64. The number of aromatic nitrogens is 5. The van der Waals surface area contributed by atoms with Crippen LogP contribution in [0.2, 0.25) is 0 Å². The maximum atomic E-state index is 12.9. The molecule has 2 aromatic heterocycles. The van der Waals surface area contributed by atoms with Gasteiger partial charge in [-0.2, -0.15) is 5.10 Å². The smallest absolute Gasteiger partial charge is 0.327 e. The molecule has 4 heterocycles. The van der Waals surface area contributed by atoms with Crippen LogP contribution >= 0.6 is 0 Å². The Morgan fingerprint density at radius 1 is 1.25 bits per heavy atom. The number of amides is 1. The highest BCUT2D eigenvalue weighted by Crippen LogP contribution is 2.34. The second-order valence-electron chi connectivity index (χ2n) is 8.63. The van der Waals surface area contributed by atoms with Gasteiger partial charge in [-0.1, -0.05) is 11.3 Å². The second kappa shape index (κ2) is 8.34. The van der Waals surface area contributed by atoms with Crippen molar-refractivity contribution in [3.05, 3.63) is 30.1 Å². The third-order valence-electron chi connectivity index (χ3n) is 6.64. The SMILES string of the molecule is CCOC(=O)Cn1cc(-c2ccc3c(C(=O)NC4CC5CCC(C4)N5C)n[nH]c3c2)nn1. The van der Waals surface area contributed by atoms with Gasteiger partial charge < -0.3 is 15.0 Å². The molecule has 2 saturated heterocycles. The average molecular weight is 438 g/mol. The lowest BCUT2D eigenvalue weighted by molar-refractivity contribution is -0.144. The fourth-order valence-electron chi connectivity index (χ4n) is 4.98. The zero-order chi connectivity index (χ0) is 22.2. The van der Waals surface area contributed by atoms with Crippen molar-refractivity contribution >= 4 is 22.8 Å². The van der Waals surface area contributed by atoms with E-state index in [-0.39, 0.29) is 24.5 Å². The van der Waals surface area contributed by atoms with Crippen LogP contribution in [0.3, 0.4) is 0 Å². The molecule has 168 valence electrons. The molecule has 0 radical (unpaired) electrons. The quantitative estimate of drug-likeness (QED) is 0.564. The van der Waals surface area contributed by atoms with Crippen LogP contribution in [0.1, 0.15) is 43.1 Å². The third kappa shape index (κ3) is 3.86. The Hall–Kier alpha value is -3.27. The molecule has 2 aliphatic rings. The number of benzene rings is 1. The minimum atomic E-state index is -0.360. The lowest BCUT2D eigenvalue weighted by Crippen LogP contribution is -2.48. The van der Waals surface area contributed by atoms with Crippen LogP contribution in [0.25, 0.3) is 22.2 Å². The van der Waals surface area contributed by atoms with E-state index < -0.39 is 0 Å². The van der Waals surface area contributed by atoms with Gasteiger partial charge in [-0.25, -0.2) is 4.68 Å². The molecule has 0 aliphatic carbocycles. The number of aromatic amines is 1. The average Bonchev–Trinajstić information content (AvgIpc) is 3.44. The van der Waals surface area contributed by atoms with E-state index >= 15 is 0 Å². The highest BCUT2D eigenvalue weighted by atomic mass is 16.5. The van der Waals surface area contributed by atoms with Crippen molar-refractivity contribution in [3.8, 4) is 11.3 Å². The normalized spacial score (nSPS) is 22.9. The van der Waals surface area contributed by atoms with Gasteiger partial charge in [0.15, 0.2) is 5.69 Å². The number of nitrogens with zero attached hydrogens (tertiary/aromatic N) is 5. The lowest BCUT2D eigenvalue weighted by Gasteiger charge is -2.36. The summed E-state index contributed by atoms with van der Waals surface area (Å²) < 4.78 is 6.38. The standard InChI is InChI=1S/C22H27N7O3/c1-3-32-20(30)12-29-11-19(25-27-29)13-4-7-17-18(8-13)24-26-21(17)22(31)23-14-9-15-5-6-16(10-14)28(15)2/h4,7-8,11,14-16H,3,5-6,9-10,12H2,1-2H3,(H,23,31)(H,24,26). The van der Waals surface area contributed by atoms with Gasteiger partial charge in [0.2, 0.25) is 0 Å². The van der Waals surface area contributed by atoms with Crippen molar-refractivity contribution in [1.29, 1.82) is 0 Å². The zero-order valence-corrected chi connectivity index (χ0v) is 18.2. The van der Waals surface area contributed by atoms with Gasteiger partial charge in [-0.3, -0.25) is 14.7 Å². The van der Waals surface area contributed by atoms with Crippen LogP contribution in [0.5, 0.6) is 0 Å². The Morgan fingerprint density at radius 3 is 2.78 bits per heavy atom. The molecule has 10 nitrogen and oxygen atoms in total. The van der Waals surface area contributed by atoms with Crippen LogP contribution in [-0.2, 0) is 16.1 Å². The Balaban J connectivity index is 1.29. The van der Waals surface area contributed by atoms with Crippen molar-refractivity contribution in [1.82, 2.24) is 35.4 Å². The first-order valence-corrected chi connectivity index (χ1v) is 11.1. The molecule has 2 unspecified atom stereocenters. The summed E-state index contributed by atoms with van der Waals surface area (Å²) in [6.07, 6.45) is 6.11. The summed E-state index contributed by atoms with van der Waals surface area (Å²) in [5.74, 6) is -0.500. The molecular formula is C22H27N7O3. The number of esters is 1. The van der Waals surface area contributed by atoms with Crippen LogP contribution in [0.4, 0.5) is 0 Å². The Labute approximate surface area is 185 Å². The molecule has 1 amide bonds. The summed E-state index contributed by atoms with van der Waals surface area (Å²) in [6.45, 7) is 2.10. The van der Waals surface area contributed by atoms with E-state index in [0.717, 1.165) is 29.3 Å². The number of H-pyrrole nitrogens is 1. The number of fused-ring (bicyclic) bond motifs is 3. The first-order chi connectivity index (χ1) is 15.5. The molecule has 2 fully saturated rings. The van der Waals surface area contributed by atoms with Gasteiger partial charge >= 0.3 is 5.97 Å². The maximum absolute atomic E-state index is 12.9. The van der Waals surface area contributed by atoms with E-state index in [4.69, 9.17) is 4.74 Å². The summed E-state index contributed by atoms with van der Waals surface area (Å²) in [5.41, 5.74) is 2.59. The number of piperidine rings is 1. The number of ether oxygens (including phenoxy) is 1. The maximum Gasteiger partial charge on any atom is 0.327 e. The molecule has 2 aliphatic heterocycles. The predicted molar refractivity (Wildman–Crippen MR) is 117 cm³/mol. The molecule has 32 heavy (non-hydrogen) atoms. The molecule has 0 spiro atoms. The lowest BCUT2D eigenvalue weighted by atomic mass is 9.98. The van der Waals surface area contributed by atoms with Crippen molar-refractivity contribution in [2.45, 2.75) is 57.3 Å². The molecule has 1 aromatic carbocycles. The van der Waals surface area contributed by atoms with Crippen molar-refractivity contribution in [2.24, 2.45) is 0 Å². The van der Waals surface area contributed by atoms with E-state index in [1.165, 1.54) is 17.5 Å². The molecule has 2 N–H and O–H groups in total. The van der Waals surface area contributed by atoms with Crippen LogP contribution < -0.4 is 5.32 Å². The van der Waals surface area contributed by atoms with Crippen molar-refractivity contribution < 1.29 is 14.3 Å².